The van der Waals surface area contributed by atoms with E-state index in [0.717, 1.165) is 36.0 Å². The van der Waals surface area contributed by atoms with Gasteiger partial charge in [0.15, 0.2) is 5.96 Å². The quantitative estimate of drug-likeness (QED) is 0.246. The van der Waals surface area contributed by atoms with E-state index in [1.807, 2.05) is 30.3 Å². The summed E-state index contributed by atoms with van der Waals surface area (Å²) in [5, 5.41) is 6.61. The predicted molar refractivity (Wildman–Crippen MR) is 127 cm³/mol. The molecule has 3 rings (SSSR count). The summed E-state index contributed by atoms with van der Waals surface area (Å²) in [4.78, 5) is 4.28. The molecule has 2 aromatic carbocycles. The molecule has 7 heteroatoms. The molecule has 0 aromatic heterocycles. The number of halogens is 1. The average Bonchev–Trinajstić information content (AvgIpc) is 3.22. The molecule has 158 valence electrons. The largest absolute Gasteiger partial charge is 0.492 e. The van der Waals surface area contributed by atoms with Crippen molar-refractivity contribution in [1.82, 2.24) is 10.6 Å². The first-order valence-corrected chi connectivity index (χ1v) is 9.71. The maximum atomic E-state index is 6.16. The van der Waals surface area contributed by atoms with Crippen LogP contribution in [0.4, 0.5) is 0 Å². The number of benzene rings is 2. The molecule has 2 N–H and O–H groups in total. The van der Waals surface area contributed by atoms with Gasteiger partial charge >= 0.3 is 0 Å². The van der Waals surface area contributed by atoms with Gasteiger partial charge in [-0.2, -0.15) is 0 Å². The number of guanidine groups is 1. The van der Waals surface area contributed by atoms with Gasteiger partial charge in [0.25, 0.3) is 0 Å². The van der Waals surface area contributed by atoms with E-state index in [1.165, 1.54) is 5.56 Å². The Morgan fingerprint density at radius 2 is 2.00 bits per heavy atom. The molecule has 2 aromatic rings. The molecule has 1 heterocycles. The molecular weight excluding hydrogens is 481 g/mol. The first-order chi connectivity index (χ1) is 13.7. The number of nitrogens with one attached hydrogen (secondary N) is 2. The lowest BCUT2D eigenvalue weighted by atomic mass is 10.1. The SMILES string of the molecule is CN=C(NCCOc1ccccc1)NCc1ccc(C)cc1OC1CCOC1.I. The van der Waals surface area contributed by atoms with Gasteiger partial charge in [0, 0.05) is 25.6 Å². The molecule has 1 unspecified atom stereocenters. The van der Waals surface area contributed by atoms with Crippen molar-refractivity contribution in [2.24, 2.45) is 4.99 Å². The van der Waals surface area contributed by atoms with Crippen molar-refractivity contribution in [3.05, 3.63) is 59.7 Å². The number of para-hydroxylation sites is 1. The van der Waals surface area contributed by atoms with Crippen LogP contribution in [-0.2, 0) is 11.3 Å². The molecule has 29 heavy (non-hydrogen) atoms. The van der Waals surface area contributed by atoms with Crippen molar-refractivity contribution in [2.45, 2.75) is 26.0 Å². The van der Waals surface area contributed by atoms with E-state index >= 15 is 0 Å². The first-order valence-electron chi connectivity index (χ1n) is 9.71. The van der Waals surface area contributed by atoms with Crippen molar-refractivity contribution >= 4 is 29.9 Å². The molecular formula is C22H30IN3O3. The molecule has 1 aliphatic heterocycles. The number of hydrogen-bond acceptors (Lipinski definition) is 4. The zero-order valence-corrected chi connectivity index (χ0v) is 19.3. The first kappa shape index (κ1) is 23.3. The van der Waals surface area contributed by atoms with Gasteiger partial charge < -0.3 is 24.8 Å². The number of aliphatic imine (C=N–C) groups is 1. The number of nitrogens with zero attached hydrogens (tertiary/aromatic N) is 1. The second kappa shape index (κ2) is 12.5. The fourth-order valence-electron chi connectivity index (χ4n) is 2.96. The minimum atomic E-state index is 0. The van der Waals surface area contributed by atoms with Gasteiger partial charge in [0.2, 0.25) is 0 Å². The second-order valence-corrected chi connectivity index (χ2v) is 6.73. The summed E-state index contributed by atoms with van der Waals surface area (Å²) >= 11 is 0. The topological polar surface area (TPSA) is 64.1 Å². The molecule has 0 spiro atoms. The molecule has 1 saturated heterocycles. The molecule has 1 aliphatic rings. The van der Waals surface area contributed by atoms with Crippen LogP contribution in [0.5, 0.6) is 11.5 Å². The lowest BCUT2D eigenvalue weighted by Gasteiger charge is -2.18. The molecule has 0 saturated carbocycles. The molecule has 1 atom stereocenters. The summed E-state index contributed by atoms with van der Waals surface area (Å²) in [6, 6.07) is 16.1. The standard InChI is InChI=1S/C22H29N3O3.HI/c1-17-8-9-18(21(14-17)28-20-10-12-26-16-20)15-25-22(23-2)24-11-13-27-19-6-4-3-5-7-19;/h3-9,14,20H,10-13,15-16H2,1-2H3,(H2,23,24,25);1H. The van der Waals surface area contributed by atoms with Crippen LogP contribution in [0.1, 0.15) is 17.5 Å². The Balaban J connectivity index is 0.00000300. The minimum Gasteiger partial charge on any atom is -0.492 e. The van der Waals surface area contributed by atoms with Gasteiger partial charge in [-0.25, -0.2) is 0 Å². The van der Waals surface area contributed by atoms with E-state index < -0.39 is 0 Å². The molecule has 0 bridgehead atoms. The van der Waals surface area contributed by atoms with E-state index in [9.17, 15) is 0 Å². The normalized spacial score (nSPS) is 16.1. The van der Waals surface area contributed by atoms with Crippen molar-refractivity contribution in [3.63, 3.8) is 0 Å². The van der Waals surface area contributed by atoms with E-state index in [2.05, 4.69) is 40.7 Å². The zero-order chi connectivity index (χ0) is 19.6. The smallest absolute Gasteiger partial charge is 0.191 e. The van der Waals surface area contributed by atoms with Gasteiger partial charge in [-0.3, -0.25) is 4.99 Å². The number of ether oxygens (including phenoxy) is 3. The summed E-state index contributed by atoms with van der Waals surface area (Å²) in [6.45, 7) is 5.35. The van der Waals surface area contributed by atoms with Crippen LogP contribution in [-0.4, -0.2) is 45.5 Å². The van der Waals surface area contributed by atoms with Crippen LogP contribution < -0.4 is 20.1 Å². The Hall–Kier alpha value is -2.00. The Labute approximate surface area is 190 Å². The third-order valence-corrected chi connectivity index (χ3v) is 4.48. The van der Waals surface area contributed by atoms with Crippen molar-refractivity contribution in [2.75, 3.05) is 33.4 Å². The van der Waals surface area contributed by atoms with Crippen LogP contribution in [0.2, 0.25) is 0 Å². The summed E-state index contributed by atoms with van der Waals surface area (Å²) in [5.41, 5.74) is 2.28. The Morgan fingerprint density at radius 1 is 1.17 bits per heavy atom. The Morgan fingerprint density at radius 3 is 2.72 bits per heavy atom. The molecule has 1 fully saturated rings. The summed E-state index contributed by atoms with van der Waals surface area (Å²) in [5.74, 6) is 2.50. The highest BCUT2D eigenvalue weighted by Gasteiger charge is 2.18. The van der Waals surface area contributed by atoms with Crippen molar-refractivity contribution in [1.29, 1.82) is 0 Å². The van der Waals surface area contributed by atoms with Gasteiger partial charge in [-0.05, 0) is 30.7 Å². The third-order valence-electron chi connectivity index (χ3n) is 4.48. The predicted octanol–water partition coefficient (Wildman–Crippen LogP) is 3.52. The van der Waals surface area contributed by atoms with Crippen LogP contribution in [0, 0.1) is 6.92 Å². The van der Waals surface area contributed by atoms with Crippen LogP contribution in [0.25, 0.3) is 0 Å². The van der Waals surface area contributed by atoms with Gasteiger partial charge in [0.1, 0.15) is 24.2 Å². The van der Waals surface area contributed by atoms with Gasteiger partial charge in [-0.15, -0.1) is 24.0 Å². The zero-order valence-electron chi connectivity index (χ0n) is 17.0. The molecule has 0 amide bonds. The minimum absolute atomic E-state index is 0. The molecule has 6 nitrogen and oxygen atoms in total. The van der Waals surface area contributed by atoms with E-state index in [1.54, 1.807) is 7.05 Å². The number of aryl methyl sites for hydroxylation is 1. The van der Waals surface area contributed by atoms with Gasteiger partial charge in [-0.1, -0.05) is 30.3 Å². The maximum absolute atomic E-state index is 6.16. The van der Waals surface area contributed by atoms with E-state index in [-0.39, 0.29) is 30.1 Å². The maximum Gasteiger partial charge on any atom is 0.191 e. The number of rotatable bonds is 8. The summed E-state index contributed by atoms with van der Waals surface area (Å²) in [6.07, 6.45) is 1.07. The highest BCUT2D eigenvalue weighted by molar-refractivity contribution is 14.0. The monoisotopic (exact) mass is 511 g/mol. The highest BCUT2D eigenvalue weighted by atomic mass is 127. The van der Waals surface area contributed by atoms with E-state index in [0.29, 0.717) is 26.3 Å². The van der Waals surface area contributed by atoms with Crippen LogP contribution in [0.3, 0.4) is 0 Å². The summed E-state index contributed by atoms with van der Waals surface area (Å²) in [7, 11) is 1.76. The fourth-order valence-corrected chi connectivity index (χ4v) is 2.96. The third kappa shape index (κ3) is 7.74. The Kier molecular flexibility index (Phi) is 10.1. The average molecular weight is 511 g/mol. The lowest BCUT2D eigenvalue weighted by molar-refractivity contribution is 0.140. The molecule has 0 radical (unpaired) electrons. The van der Waals surface area contributed by atoms with Crippen molar-refractivity contribution in [3.8, 4) is 11.5 Å². The van der Waals surface area contributed by atoms with E-state index in [4.69, 9.17) is 14.2 Å². The number of hydrogen-bond donors (Lipinski definition) is 2. The van der Waals surface area contributed by atoms with Crippen LogP contribution >= 0.6 is 24.0 Å². The lowest BCUT2D eigenvalue weighted by Crippen LogP contribution is -2.39. The second-order valence-electron chi connectivity index (χ2n) is 6.73. The highest BCUT2D eigenvalue weighted by Crippen LogP contribution is 2.23. The van der Waals surface area contributed by atoms with Gasteiger partial charge in [0.05, 0.1) is 19.8 Å². The molecule has 0 aliphatic carbocycles. The van der Waals surface area contributed by atoms with Crippen LogP contribution in [0.15, 0.2) is 53.5 Å². The Bertz CT molecular complexity index is 765. The summed E-state index contributed by atoms with van der Waals surface area (Å²) < 4.78 is 17.3. The van der Waals surface area contributed by atoms with Crippen molar-refractivity contribution < 1.29 is 14.2 Å². The fraction of sp³-hybridized carbons (Fsp3) is 0.409.